The maximum absolute atomic E-state index is 13.9. The molecule has 0 amide bonds. The fourth-order valence-electron chi connectivity index (χ4n) is 1.78. The van der Waals surface area contributed by atoms with Crippen LogP contribution in [0.25, 0.3) is 0 Å². The molecule has 1 N–H and O–H groups in total. The Kier molecular flexibility index (Phi) is 5.98. The van der Waals surface area contributed by atoms with Crippen LogP contribution in [0.2, 0.25) is 0 Å². The summed E-state index contributed by atoms with van der Waals surface area (Å²) in [7, 11) is 0. The topological polar surface area (TPSA) is 81.2 Å². The van der Waals surface area contributed by atoms with Crippen LogP contribution < -0.4 is 10.2 Å². The number of nitrogens with one attached hydrogen (secondary N) is 1. The molecule has 0 atom stereocenters. The van der Waals surface area contributed by atoms with Crippen molar-refractivity contribution in [2.75, 3.05) is 5.43 Å². The molecule has 0 aliphatic rings. The van der Waals surface area contributed by atoms with Gasteiger partial charge in [0.05, 0.1) is 15.7 Å². The van der Waals surface area contributed by atoms with E-state index in [0.29, 0.717) is 0 Å². The number of hydrazone groups is 1. The Morgan fingerprint density at radius 3 is 2.19 bits per heavy atom. The van der Waals surface area contributed by atoms with Crippen LogP contribution in [0.4, 0.5) is 27.6 Å². The van der Waals surface area contributed by atoms with Gasteiger partial charge in [0.2, 0.25) is 5.71 Å². The van der Waals surface area contributed by atoms with E-state index in [1.54, 1.807) is 0 Å². The van der Waals surface area contributed by atoms with Gasteiger partial charge in [0.25, 0.3) is 0 Å². The number of anilines is 1. The number of nitriles is 2. The first kappa shape index (κ1) is 20.1. The van der Waals surface area contributed by atoms with Gasteiger partial charge in [-0.15, -0.1) is 0 Å². The molecule has 138 valence electrons. The van der Waals surface area contributed by atoms with Gasteiger partial charge in [0.15, 0.2) is 17.4 Å². The highest BCUT2D eigenvalue weighted by Crippen LogP contribution is 2.38. The lowest BCUT2D eigenvalue weighted by Crippen LogP contribution is -2.07. The summed E-state index contributed by atoms with van der Waals surface area (Å²) in [6, 6.07) is 7.30. The van der Waals surface area contributed by atoms with E-state index in [4.69, 9.17) is 15.3 Å². The molecule has 2 aromatic rings. The van der Waals surface area contributed by atoms with Crippen LogP contribution in [0.1, 0.15) is 5.56 Å². The molecule has 11 heteroatoms. The highest BCUT2D eigenvalue weighted by atomic mass is 79.9. The standard InChI is InChI=1S/C16H6BrF5N4O/c17-11-2-1-9(25-26-10(6-23)7-24)5-14(11)27-15-12(18)3-8(4-13(15)19)16(20,21)22/h1-5,25H. The van der Waals surface area contributed by atoms with Crippen molar-refractivity contribution in [3.8, 4) is 23.6 Å². The number of alkyl halides is 3. The number of hydrogen-bond acceptors (Lipinski definition) is 5. The van der Waals surface area contributed by atoms with E-state index in [2.05, 4.69) is 26.5 Å². The zero-order valence-electron chi connectivity index (χ0n) is 12.9. The van der Waals surface area contributed by atoms with E-state index in [9.17, 15) is 22.0 Å². The molecule has 0 aliphatic heterocycles. The number of ether oxygens (including phenoxy) is 1. The lowest BCUT2D eigenvalue weighted by molar-refractivity contribution is -0.138. The van der Waals surface area contributed by atoms with Gasteiger partial charge in [-0.05, 0) is 40.2 Å². The molecule has 0 radical (unpaired) electrons. The van der Waals surface area contributed by atoms with Crippen molar-refractivity contribution in [2.45, 2.75) is 6.18 Å². The first-order valence-corrected chi connectivity index (χ1v) is 7.62. The second-order valence-electron chi connectivity index (χ2n) is 4.81. The highest BCUT2D eigenvalue weighted by molar-refractivity contribution is 9.10. The number of hydrogen-bond donors (Lipinski definition) is 1. The molecule has 0 unspecified atom stereocenters. The number of rotatable bonds is 4. The van der Waals surface area contributed by atoms with Crippen molar-refractivity contribution in [1.29, 1.82) is 10.5 Å². The fourth-order valence-corrected chi connectivity index (χ4v) is 2.11. The summed E-state index contributed by atoms with van der Waals surface area (Å²) in [5.74, 6) is -4.26. The summed E-state index contributed by atoms with van der Waals surface area (Å²) < 4.78 is 70.9. The predicted octanol–water partition coefficient (Wildman–Crippen LogP) is 5.35. The first-order valence-electron chi connectivity index (χ1n) is 6.83. The van der Waals surface area contributed by atoms with E-state index in [0.717, 1.165) is 0 Å². The summed E-state index contributed by atoms with van der Waals surface area (Å²) in [5, 5.41) is 20.7. The van der Waals surface area contributed by atoms with Crippen molar-refractivity contribution in [1.82, 2.24) is 0 Å². The second kappa shape index (κ2) is 8.01. The van der Waals surface area contributed by atoms with Crippen molar-refractivity contribution in [3.05, 3.63) is 52.0 Å². The second-order valence-corrected chi connectivity index (χ2v) is 5.66. The zero-order chi connectivity index (χ0) is 20.2. The molecule has 0 aromatic heterocycles. The first-order chi connectivity index (χ1) is 12.7. The molecule has 2 aromatic carbocycles. The minimum absolute atomic E-state index is 0.116. The maximum Gasteiger partial charge on any atom is 0.416 e. The number of benzene rings is 2. The van der Waals surface area contributed by atoms with E-state index in [1.165, 1.54) is 30.3 Å². The molecule has 0 aliphatic carbocycles. The molecular formula is C16H6BrF5N4O. The van der Waals surface area contributed by atoms with Gasteiger partial charge in [-0.3, -0.25) is 5.43 Å². The van der Waals surface area contributed by atoms with Crippen LogP contribution in [0.15, 0.2) is 39.9 Å². The van der Waals surface area contributed by atoms with Crippen LogP contribution >= 0.6 is 15.9 Å². The lowest BCUT2D eigenvalue weighted by Gasteiger charge is -2.13. The van der Waals surface area contributed by atoms with Crippen LogP contribution in [0.3, 0.4) is 0 Å². The Hall–Kier alpha value is -3.18. The van der Waals surface area contributed by atoms with Crippen LogP contribution in [-0.2, 0) is 6.18 Å². The third-order valence-corrected chi connectivity index (χ3v) is 3.63. The summed E-state index contributed by atoms with van der Waals surface area (Å²) >= 11 is 3.07. The molecule has 0 fully saturated rings. The summed E-state index contributed by atoms with van der Waals surface area (Å²) in [5.41, 5.74) is 0.585. The molecule has 0 bridgehead atoms. The molecule has 0 heterocycles. The minimum Gasteiger partial charge on any atom is -0.450 e. The smallest absolute Gasteiger partial charge is 0.416 e. The van der Waals surface area contributed by atoms with E-state index >= 15 is 0 Å². The van der Waals surface area contributed by atoms with Gasteiger partial charge >= 0.3 is 6.18 Å². The normalized spacial score (nSPS) is 10.5. The monoisotopic (exact) mass is 444 g/mol. The molecule has 0 spiro atoms. The van der Waals surface area contributed by atoms with Gasteiger partial charge < -0.3 is 4.74 Å². The van der Waals surface area contributed by atoms with E-state index < -0.39 is 34.8 Å². The van der Waals surface area contributed by atoms with Gasteiger partial charge in [0, 0.05) is 6.07 Å². The number of halogens is 6. The third-order valence-electron chi connectivity index (χ3n) is 2.98. The Labute approximate surface area is 157 Å². The van der Waals surface area contributed by atoms with Crippen LogP contribution in [0, 0.1) is 34.3 Å². The Bertz CT molecular complexity index is 953. The zero-order valence-corrected chi connectivity index (χ0v) is 14.5. The summed E-state index contributed by atoms with van der Waals surface area (Å²) in [6.45, 7) is 0. The van der Waals surface area contributed by atoms with Crippen molar-refractivity contribution in [2.24, 2.45) is 5.10 Å². The van der Waals surface area contributed by atoms with Gasteiger partial charge in [-0.25, -0.2) is 8.78 Å². The fraction of sp³-hybridized carbons (Fsp3) is 0.0625. The van der Waals surface area contributed by atoms with Gasteiger partial charge in [-0.1, -0.05) is 0 Å². The van der Waals surface area contributed by atoms with E-state index in [1.807, 2.05) is 0 Å². The SMILES string of the molecule is N#CC(C#N)=NNc1ccc(Br)c(Oc2c(F)cc(C(F)(F)F)cc2F)c1. The maximum atomic E-state index is 13.9. The molecule has 0 saturated heterocycles. The van der Waals surface area contributed by atoms with Crippen LogP contribution in [0.5, 0.6) is 11.5 Å². The molecule has 2 rings (SSSR count). The molecular weight excluding hydrogens is 439 g/mol. The van der Waals surface area contributed by atoms with Gasteiger partial charge in [-0.2, -0.15) is 28.8 Å². The number of nitrogens with zero attached hydrogens (tertiary/aromatic N) is 3. The minimum atomic E-state index is -4.91. The Morgan fingerprint density at radius 1 is 1.07 bits per heavy atom. The summed E-state index contributed by atoms with van der Waals surface area (Å²) in [4.78, 5) is 0. The Balaban J connectivity index is 2.36. The molecule has 0 saturated carbocycles. The quantitative estimate of drug-likeness (QED) is 0.391. The molecule has 5 nitrogen and oxygen atoms in total. The van der Waals surface area contributed by atoms with E-state index in [-0.39, 0.29) is 28.0 Å². The third kappa shape index (κ3) is 4.92. The van der Waals surface area contributed by atoms with Crippen molar-refractivity contribution in [3.63, 3.8) is 0 Å². The average molecular weight is 445 g/mol. The highest BCUT2D eigenvalue weighted by Gasteiger charge is 2.33. The average Bonchev–Trinajstić information content (AvgIpc) is 2.60. The van der Waals surface area contributed by atoms with Crippen LogP contribution in [-0.4, -0.2) is 5.71 Å². The molecule has 27 heavy (non-hydrogen) atoms. The lowest BCUT2D eigenvalue weighted by atomic mass is 10.2. The summed E-state index contributed by atoms with van der Waals surface area (Å²) in [6.07, 6.45) is -4.91. The predicted molar refractivity (Wildman–Crippen MR) is 87.9 cm³/mol. The van der Waals surface area contributed by atoms with Crippen molar-refractivity contribution >= 4 is 27.3 Å². The largest absolute Gasteiger partial charge is 0.450 e. The Morgan fingerprint density at radius 2 is 1.67 bits per heavy atom. The van der Waals surface area contributed by atoms with Crippen molar-refractivity contribution < 1.29 is 26.7 Å². The van der Waals surface area contributed by atoms with Gasteiger partial charge in [0.1, 0.15) is 17.9 Å².